The molecule has 1 aliphatic carbocycles. The molecule has 2 atom stereocenters. The van der Waals surface area contributed by atoms with Crippen molar-refractivity contribution < 1.29 is 9.90 Å². The van der Waals surface area contributed by atoms with Crippen LogP contribution >= 0.6 is 0 Å². The highest BCUT2D eigenvalue weighted by Crippen LogP contribution is 2.56. The van der Waals surface area contributed by atoms with Gasteiger partial charge < -0.3 is 10.8 Å². The minimum Gasteiger partial charge on any atom is -0.481 e. The molecule has 0 amide bonds. The number of aryl methyl sites for hydroxylation is 1. The number of pyridine rings is 1. The third kappa shape index (κ3) is 2.39. The SMILES string of the molecule is Cc1cccc(-n2cnc(C3(C(=O)O)C[C@@H]3CCCN)c2)n1. The molecule has 3 rings (SSSR count). The number of aromatic nitrogens is 3. The standard InChI is InChI=1S/C16H20N4O2/c1-11-4-2-6-14(19-11)20-9-13(18-10-20)16(15(21)22)8-12(16)5-3-7-17/h2,4,6,9-10,12H,3,5,7-8,17H2,1H3,(H,21,22)/t12-,16?/m0/s1. The topological polar surface area (TPSA) is 94.0 Å². The fourth-order valence-electron chi connectivity index (χ4n) is 3.08. The fraction of sp³-hybridized carbons (Fsp3) is 0.438. The first-order chi connectivity index (χ1) is 10.6. The molecule has 1 saturated carbocycles. The maximum atomic E-state index is 11.8. The third-order valence-electron chi connectivity index (χ3n) is 4.42. The van der Waals surface area contributed by atoms with E-state index in [1.165, 1.54) is 0 Å². The normalized spacial score (nSPS) is 23.5. The Morgan fingerprint density at radius 1 is 1.55 bits per heavy atom. The van der Waals surface area contributed by atoms with Gasteiger partial charge in [0.15, 0.2) is 0 Å². The van der Waals surface area contributed by atoms with Crippen molar-refractivity contribution in [1.82, 2.24) is 14.5 Å². The van der Waals surface area contributed by atoms with Gasteiger partial charge in [-0.05, 0) is 50.8 Å². The van der Waals surface area contributed by atoms with Gasteiger partial charge in [0, 0.05) is 11.9 Å². The van der Waals surface area contributed by atoms with Crippen LogP contribution in [-0.4, -0.2) is 32.2 Å². The van der Waals surface area contributed by atoms with E-state index in [-0.39, 0.29) is 5.92 Å². The molecule has 0 aliphatic heterocycles. The van der Waals surface area contributed by atoms with Gasteiger partial charge in [-0.2, -0.15) is 0 Å². The van der Waals surface area contributed by atoms with Gasteiger partial charge >= 0.3 is 5.97 Å². The van der Waals surface area contributed by atoms with Crippen LogP contribution in [0.3, 0.4) is 0 Å². The summed E-state index contributed by atoms with van der Waals surface area (Å²) in [5.74, 6) is 0.0813. The first-order valence-electron chi connectivity index (χ1n) is 7.50. The Kier molecular flexibility index (Phi) is 3.70. The molecule has 2 aromatic rings. The van der Waals surface area contributed by atoms with Crippen molar-refractivity contribution in [2.75, 3.05) is 6.54 Å². The quantitative estimate of drug-likeness (QED) is 0.846. The zero-order valence-corrected chi connectivity index (χ0v) is 12.6. The molecule has 0 saturated heterocycles. The highest BCUT2D eigenvalue weighted by molar-refractivity contribution is 5.85. The van der Waals surface area contributed by atoms with Gasteiger partial charge in [0.05, 0.1) is 5.69 Å². The van der Waals surface area contributed by atoms with Crippen molar-refractivity contribution in [2.45, 2.75) is 31.6 Å². The molecule has 0 aromatic carbocycles. The molecular weight excluding hydrogens is 280 g/mol. The van der Waals surface area contributed by atoms with Crippen LogP contribution in [0.4, 0.5) is 0 Å². The molecule has 0 radical (unpaired) electrons. The molecule has 6 heteroatoms. The maximum absolute atomic E-state index is 11.8. The Hall–Kier alpha value is -2.21. The predicted molar refractivity (Wildman–Crippen MR) is 81.8 cm³/mol. The molecule has 3 N–H and O–H groups in total. The summed E-state index contributed by atoms with van der Waals surface area (Å²) in [6.45, 7) is 2.51. The van der Waals surface area contributed by atoms with Gasteiger partial charge in [-0.15, -0.1) is 0 Å². The zero-order valence-electron chi connectivity index (χ0n) is 12.6. The van der Waals surface area contributed by atoms with Crippen LogP contribution < -0.4 is 5.73 Å². The lowest BCUT2D eigenvalue weighted by atomic mass is 9.98. The molecule has 2 aromatic heterocycles. The summed E-state index contributed by atoms with van der Waals surface area (Å²) in [5, 5.41) is 9.65. The Morgan fingerprint density at radius 3 is 3.05 bits per heavy atom. The summed E-state index contributed by atoms with van der Waals surface area (Å²) in [4.78, 5) is 20.5. The van der Waals surface area contributed by atoms with E-state index in [1.807, 2.05) is 25.1 Å². The van der Waals surface area contributed by atoms with E-state index in [0.29, 0.717) is 18.7 Å². The van der Waals surface area contributed by atoms with Gasteiger partial charge in [-0.25, -0.2) is 9.97 Å². The van der Waals surface area contributed by atoms with Crippen molar-refractivity contribution in [1.29, 1.82) is 0 Å². The first-order valence-corrected chi connectivity index (χ1v) is 7.50. The van der Waals surface area contributed by atoms with Crippen LogP contribution in [0.2, 0.25) is 0 Å². The molecular formula is C16H20N4O2. The Morgan fingerprint density at radius 2 is 2.36 bits per heavy atom. The fourth-order valence-corrected chi connectivity index (χ4v) is 3.08. The number of hydrogen-bond acceptors (Lipinski definition) is 4. The number of nitrogens with two attached hydrogens (primary N) is 1. The minimum atomic E-state index is -0.843. The first kappa shape index (κ1) is 14.7. The Bertz CT molecular complexity index is 697. The lowest BCUT2D eigenvalue weighted by Gasteiger charge is -2.09. The van der Waals surface area contributed by atoms with Crippen molar-refractivity contribution in [3.8, 4) is 5.82 Å². The number of carboxylic acid groups (broad SMARTS) is 1. The number of carboxylic acids is 1. The van der Waals surface area contributed by atoms with Crippen molar-refractivity contribution in [3.63, 3.8) is 0 Å². The van der Waals surface area contributed by atoms with Gasteiger partial charge in [0.1, 0.15) is 17.6 Å². The summed E-state index contributed by atoms with van der Waals surface area (Å²) >= 11 is 0. The second kappa shape index (κ2) is 5.53. The van der Waals surface area contributed by atoms with Crippen LogP contribution in [-0.2, 0) is 10.2 Å². The van der Waals surface area contributed by atoms with Crippen LogP contribution in [0.5, 0.6) is 0 Å². The Balaban J connectivity index is 1.88. The smallest absolute Gasteiger partial charge is 0.316 e. The highest BCUT2D eigenvalue weighted by atomic mass is 16.4. The molecule has 6 nitrogen and oxygen atoms in total. The number of aliphatic carboxylic acids is 1. The van der Waals surface area contributed by atoms with E-state index in [0.717, 1.165) is 24.4 Å². The Labute approximate surface area is 129 Å². The van der Waals surface area contributed by atoms with Gasteiger partial charge in [0.2, 0.25) is 0 Å². The van der Waals surface area contributed by atoms with E-state index >= 15 is 0 Å². The van der Waals surface area contributed by atoms with Crippen LogP contribution in [0.1, 0.15) is 30.7 Å². The summed E-state index contributed by atoms with van der Waals surface area (Å²) < 4.78 is 1.78. The van der Waals surface area contributed by atoms with E-state index in [1.54, 1.807) is 17.1 Å². The maximum Gasteiger partial charge on any atom is 0.316 e. The number of rotatable bonds is 6. The van der Waals surface area contributed by atoms with Gasteiger partial charge in [-0.3, -0.25) is 9.36 Å². The molecule has 22 heavy (non-hydrogen) atoms. The lowest BCUT2D eigenvalue weighted by Crippen LogP contribution is -2.23. The summed E-state index contributed by atoms with van der Waals surface area (Å²) in [6, 6.07) is 5.72. The number of hydrogen-bond donors (Lipinski definition) is 2. The zero-order chi connectivity index (χ0) is 15.7. The largest absolute Gasteiger partial charge is 0.481 e. The minimum absolute atomic E-state index is 0.127. The van der Waals surface area contributed by atoms with E-state index in [2.05, 4.69) is 9.97 Å². The van der Waals surface area contributed by atoms with E-state index in [4.69, 9.17) is 5.73 Å². The van der Waals surface area contributed by atoms with Crippen LogP contribution in [0.15, 0.2) is 30.7 Å². The average molecular weight is 300 g/mol. The van der Waals surface area contributed by atoms with Crippen molar-refractivity contribution in [3.05, 3.63) is 42.1 Å². The molecule has 1 fully saturated rings. The third-order valence-corrected chi connectivity index (χ3v) is 4.42. The van der Waals surface area contributed by atoms with Crippen LogP contribution in [0, 0.1) is 12.8 Å². The van der Waals surface area contributed by atoms with Crippen LogP contribution in [0.25, 0.3) is 5.82 Å². The second-order valence-corrected chi connectivity index (χ2v) is 5.91. The highest BCUT2D eigenvalue weighted by Gasteiger charge is 2.62. The lowest BCUT2D eigenvalue weighted by molar-refractivity contribution is -0.140. The molecule has 1 aliphatic rings. The van der Waals surface area contributed by atoms with Gasteiger partial charge in [0.25, 0.3) is 0 Å². The summed E-state index contributed by atoms with van der Waals surface area (Å²) in [7, 11) is 0. The molecule has 0 bridgehead atoms. The number of nitrogens with zero attached hydrogens (tertiary/aromatic N) is 3. The second-order valence-electron chi connectivity index (χ2n) is 5.91. The molecule has 1 unspecified atom stereocenters. The van der Waals surface area contributed by atoms with E-state index in [9.17, 15) is 9.90 Å². The summed E-state index contributed by atoms with van der Waals surface area (Å²) in [5.41, 5.74) is 6.21. The van der Waals surface area contributed by atoms with Crippen molar-refractivity contribution in [2.24, 2.45) is 11.7 Å². The van der Waals surface area contributed by atoms with E-state index < -0.39 is 11.4 Å². The number of carbonyl (C=O) groups is 1. The summed E-state index contributed by atoms with van der Waals surface area (Å²) in [6.07, 6.45) is 5.75. The molecule has 2 heterocycles. The van der Waals surface area contributed by atoms with Gasteiger partial charge in [-0.1, -0.05) is 6.07 Å². The molecule has 0 spiro atoms. The number of imidazole rings is 1. The predicted octanol–water partition coefficient (Wildman–Crippen LogP) is 1.66. The monoisotopic (exact) mass is 300 g/mol. The molecule has 116 valence electrons. The average Bonchev–Trinajstić information content (AvgIpc) is 3.02. The van der Waals surface area contributed by atoms with Crippen molar-refractivity contribution >= 4 is 5.97 Å².